The molecular formula is C16H21ClN2OS. The van der Waals surface area contributed by atoms with Gasteiger partial charge in [0.05, 0.1) is 11.1 Å². The van der Waals surface area contributed by atoms with Gasteiger partial charge in [0, 0.05) is 28.6 Å². The van der Waals surface area contributed by atoms with Crippen molar-refractivity contribution in [2.75, 3.05) is 7.05 Å². The first-order valence-electron chi connectivity index (χ1n) is 7.13. The Bertz CT molecular complexity index is 624. The Morgan fingerprint density at radius 3 is 2.67 bits per heavy atom. The molecule has 1 atom stereocenters. The lowest BCUT2D eigenvalue weighted by atomic mass is 10.0. The van der Waals surface area contributed by atoms with Crippen molar-refractivity contribution in [1.29, 1.82) is 0 Å². The number of fused-ring (bicyclic) bond motifs is 1. The van der Waals surface area contributed by atoms with Crippen molar-refractivity contribution in [2.45, 2.75) is 32.9 Å². The zero-order valence-corrected chi connectivity index (χ0v) is 14.1. The molecule has 3 nitrogen and oxygen atoms in total. The Morgan fingerprint density at radius 1 is 1.33 bits per heavy atom. The number of carbonyl (C=O) groups excluding carboxylic acids is 1. The lowest BCUT2D eigenvalue weighted by Gasteiger charge is -2.18. The number of amides is 1. The molecule has 2 aromatic rings. The third-order valence-corrected chi connectivity index (χ3v) is 5.10. The number of hydrogen-bond acceptors (Lipinski definition) is 3. The Labute approximate surface area is 134 Å². The molecule has 0 radical (unpaired) electrons. The standard InChI is InChI=1S/C16H21ClN2OS/c1-10(2)8-12(16(20)18-3)19-9-14-15(17)11-6-4-5-7-13(11)21-14/h4-7,10,12,19H,8-9H2,1-3H3,(H,18,20). The fraction of sp³-hybridized carbons (Fsp3) is 0.438. The van der Waals surface area contributed by atoms with E-state index in [0.29, 0.717) is 12.5 Å². The van der Waals surface area contributed by atoms with E-state index in [4.69, 9.17) is 11.6 Å². The fourth-order valence-corrected chi connectivity index (χ4v) is 3.77. The van der Waals surface area contributed by atoms with E-state index >= 15 is 0 Å². The molecule has 5 heteroatoms. The molecule has 0 fully saturated rings. The lowest BCUT2D eigenvalue weighted by molar-refractivity contribution is -0.123. The highest BCUT2D eigenvalue weighted by molar-refractivity contribution is 7.19. The summed E-state index contributed by atoms with van der Waals surface area (Å²) in [5.41, 5.74) is 0. The Hall–Kier alpha value is -1.10. The van der Waals surface area contributed by atoms with Gasteiger partial charge in [-0.05, 0) is 18.4 Å². The van der Waals surface area contributed by atoms with Crippen molar-refractivity contribution in [1.82, 2.24) is 10.6 Å². The average Bonchev–Trinajstić information content (AvgIpc) is 2.79. The molecule has 0 aliphatic rings. The van der Waals surface area contributed by atoms with Crippen LogP contribution in [0.3, 0.4) is 0 Å². The summed E-state index contributed by atoms with van der Waals surface area (Å²) in [5, 5.41) is 7.93. The van der Waals surface area contributed by atoms with Crippen LogP contribution >= 0.6 is 22.9 Å². The molecule has 0 aliphatic heterocycles. The van der Waals surface area contributed by atoms with E-state index in [1.807, 2.05) is 18.2 Å². The molecule has 0 aliphatic carbocycles. The molecular weight excluding hydrogens is 304 g/mol. The van der Waals surface area contributed by atoms with Crippen LogP contribution in [0.2, 0.25) is 5.02 Å². The summed E-state index contributed by atoms with van der Waals surface area (Å²) < 4.78 is 1.18. The van der Waals surface area contributed by atoms with Gasteiger partial charge in [-0.3, -0.25) is 4.79 Å². The van der Waals surface area contributed by atoms with Gasteiger partial charge in [0.25, 0.3) is 0 Å². The van der Waals surface area contributed by atoms with Gasteiger partial charge in [0.1, 0.15) is 0 Å². The van der Waals surface area contributed by atoms with Crippen molar-refractivity contribution in [3.05, 3.63) is 34.2 Å². The van der Waals surface area contributed by atoms with Crippen LogP contribution in [0, 0.1) is 5.92 Å². The van der Waals surface area contributed by atoms with Crippen LogP contribution in [0.5, 0.6) is 0 Å². The first kappa shape index (κ1) is 16.3. The lowest BCUT2D eigenvalue weighted by Crippen LogP contribution is -2.43. The Morgan fingerprint density at radius 2 is 2.05 bits per heavy atom. The zero-order chi connectivity index (χ0) is 15.4. The Balaban J connectivity index is 2.11. The van der Waals surface area contributed by atoms with E-state index < -0.39 is 0 Å². The number of hydrogen-bond donors (Lipinski definition) is 2. The zero-order valence-electron chi connectivity index (χ0n) is 12.6. The van der Waals surface area contributed by atoms with Crippen LogP contribution < -0.4 is 10.6 Å². The van der Waals surface area contributed by atoms with Gasteiger partial charge in [-0.1, -0.05) is 43.6 Å². The summed E-state index contributed by atoms with van der Waals surface area (Å²) >= 11 is 8.11. The molecule has 21 heavy (non-hydrogen) atoms. The third-order valence-electron chi connectivity index (χ3n) is 3.38. The molecule has 1 unspecified atom stereocenters. The number of carbonyl (C=O) groups is 1. The van der Waals surface area contributed by atoms with Gasteiger partial charge >= 0.3 is 0 Å². The fourth-order valence-electron chi connectivity index (χ4n) is 2.32. The minimum Gasteiger partial charge on any atom is -0.358 e. The highest BCUT2D eigenvalue weighted by Crippen LogP contribution is 2.35. The minimum atomic E-state index is -0.184. The summed E-state index contributed by atoms with van der Waals surface area (Å²) in [7, 11) is 1.67. The number of rotatable bonds is 6. The molecule has 0 saturated heterocycles. The van der Waals surface area contributed by atoms with Gasteiger partial charge in [0.15, 0.2) is 0 Å². The maximum Gasteiger partial charge on any atom is 0.236 e. The highest BCUT2D eigenvalue weighted by Gasteiger charge is 2.19. The van der Waals surface area contributed by atoms with Gasteiger partial charge in [-0.15, -0.1) is 11.3 Å². The predicted molar refractivity (Wildman–Crippen MR) is 91.0 cm³/mol. The molecule has 2 rings (SSSR count). The number of thiophene rings is 1. The summed E-state index contributed by atoms with van der Waals surface area (Å²) in [5.74, 6) is 0.485. The highest BCUT2D eigenvalue weighted by atomic mass is 35.5. The maximum absolute atomic E-state index is 11.9. The molecule has 1 amide bonds. The molecule has 0 saturated carbocycles. The summed E-state index contributed by atoms with van der Waals surface area (Å²) in [4.78, 5) is 13.0. The van der Waals surface area contributed by atoms with Gasteiger partial charge in [-0.2, -0.15) is 0 Å². The van der Waals surface area contributed by atoms with Crippen molar-refractivity contribution in [3.8, 4) is 0 Å². The molecule has 0 spiro atoms. The van der Waals surface area contributed by atoms with E-state index in [1.54, 1.807) is 18.4 Å². The summed E-state index contributed by atoms with van der Waals surface area (Å²) in [6.45, 7) is 4.84. The van der Waals surface area contributed by atoms with E-state index in [2.05, 4.69) is 30.5 Å². The second-order valence-corrected chi connectivity index (χ2v) is 7.03. The number of benzene rings is 1. The van der Waals surface area contributed by atoms with E-state index in [-0.39, 0.29) is 11.9 Å². The van der Waals surface area contributed by atoms with Gasteiger partial charge in [-0.25, -0.2) is 0 Å². The molecule has 1 heterocycles. The molecule has 2 N–H and O–H groups in total. The van der Waals surface area contributed by atoms with Crippen LogP contribution in [-0.4, -0.2) is 19.0 Å². The first-order valence-corrected chi connectivity index (χ1v) is 8.33. The topological polar surface area (TPSA) is 41.1 Å². The molecule has 0 bridgehead atoms. The second-order valence-electron chi connectivity index (χ2n) is 5.51. The first-order chi connectivity index (χ1) is 10.0. The van der Waals surface area contributed by atoms with E-state index in [9.17, 15) is 4.79 Å². The van der Waals surface area contributed by atoms with E-state index in [1.165, 1.54) is 4.70 Å². The SMILES string of the molecule is CNC(=O)C(CC(C)C)NCc1sc2ccccc2c1Cl. The quantitative estimate of drug-likeness (QED) is 0.848. The monoisotopic (exact) mass is 324 g/mol. The van der Waals surface area contributed by atoms with Crippen LogP contribution in [0.15, 0.2) is 24.3 Å². The Kier molecular flexibility index (Phi) is 5.62. The van der Waals surface area contributed by atoms with Crippen molar-refractivity contribution >= 4 is 38.9 Å². The number of halogens is 1. The van der Waals surface area contributed by atoms with Crippen LogP contribution in [0.4, 0.5) is 0 Å². The molecule has 1 aromatic heterocycles. The van der Waals surface area contributed by atoms with Gasteiger partial charge in [0.2, 0.25) is 5.91 Å². The normalized spacial score (nSPS) is 12.8. The van der Waals surface area contributed by atoms with Crippen molar-refractivity contribution < 1.29 is 4.79 Å². The minimum absolute atomic E-state index is 0.0286. The number of nitrogens with one attached hydrogen (secondary N) is 2. The summed E-state index contributed by atoms with van der Waals surface area (Å²) in [6, 6.07) is 7.92. The van der Waals surface area contributed by atoms with Crippen LogP contribution in [-0.2, 0) is 11.3 Å². The smallest absolute Gasteiger partial charge is 0.236 e. The average molecular weight is 325 g/mol. The largest absolute Gasteiger partial charge is 0.358 e. The second kappa shape index (κ2) is 7.25. The predicted octanol–water partition coefficient (Wildman–Crippen LogP) is 3.81. The third kappa shape index (κ3) is 3.96. The summed E-state index contributed by atoms with van der Waals surface area (Å²) in [6.07, 6.45) is 0.808. The number of likely N-dealkylation sites (N-methyl/N-ethyl adjacent to an activating group) is 1. The molecule has 114 valence electrons. The van der Waals surface area contributed by atoms with Crippen molar-refractivity contribution in [2.24, 2.45) is 5.92 Å². The molecule has 1 aromatic carbocycles. The van der Waals surface area contributed by atoms with Crippen LogP contribution in [0.25, 0.3) is 10.1 Å². The van der Waals surface area contributed by atoms with Crippen LogP contribution in [0.1, 0.15) is 25.1 Å². The maximum atomic E-state index is 11.9. The van der Waals surface area contributed by atoms with Crippen molar-refractivity contribution in [3.63, 3.8) is 0 Å². The van der Waals surface area contributed by atoms with Gasteiger partial charge < -0.3 is 10.6 Å². The van der Waals surface area contributed by atoms with E-state index in [0.717, 1.165) is 21.7 Å².